The second-order valence-corrected chi connectivity index (χ2v) is 4.76. The molecule has 0 atom stereocenters. The van der Waals surface area contributed by atoms with Crippen molar-refractivity contribution in [1.29, 1.82) is 0 Å². The fourth-order valence-corrected chi connectivity index (χ4v) is 2.85. The standard InChI is InChI=1S/C16H13BrO2/c1-18-15-8-4-7-13-14(9-17)12-6-3-2-5-11(12)10-19-16(13)15/h2-9H,10H2,1H3. The van der Waals surface area contributed by atoms with Crippen molar-refractivity contribution in [1.82, 2.24) is 0 Å². The molecule has 0 radical (unpaired) electrons. The van der Waals surface area contributed by atoms with E-state index in [1.165, 1.54) is 11.1 Å². The molecule has 2 nitrogen and oxygen atoms in total. The summed E-state index contributed by atoms with van der Waals surface area (Å²) in [5.74, 6) is 1.56. The van der Waals surface area contributed by atoms with E-state index in [2.05, 4.69) is 28.1 Å². The number of halogens is 1. The molecule has 0 unspecified atom stereocenters. The van der Waals surface area contributed by atoms with Crippen LogP contribution in [0.25, 0.3) is 5.57 Å². The first-order chi connectivity index (χ1) is 9.35. The van der Waals surface area contributed by atoms with E-state index in [0.29, 0.717) is 6.61 Å². The number of hydrogen-bond acceptors (Lipinski definition) is 2. The normalized spacial score (nSPS) is 15.2. The fourth-order valence-electron chi connectivity index (χ4n) is 2.36. The molecule has 0 bridgehead atoms. The largest absolute Gasteiger partial charge is 0.493 e. The molecule has 3 rings (SSSR count). The van der Waals surface area contributed by atoms with Gasteiger partial charge in [0.1, 0.15) is 6.61 Å². The molecule has 0 N–H and O–H groups in total. The van der Waals surface area contributed by atoms with Crippen molar-refractivity contribution in [2.75, 3.05) is 7.11 Å². The molecule has 1 aliphatic rings. The Labute approximate surface area is 120 Å². The van der Waals surface area contributed by atoms with Crippen molar-refractivity contribution >= 4 is 21.5 Å². The van der Waals surface area contributed by atoms with E-state index in [0.717, 1.165) is 22.6 Å². The molecule has 0 spiro atoms. The van der Waals surface area contributed by atoms with Crippen LogP contribution in [0.1, 0.15) is 16.7 Å². The Kier molecular flexibility index (Phi) is 3.30. The molecule has 0 amide bonds. The number of ether oxygens (including phenoxy) is 2. The van der Waals surface area contributed by atoms with E-state index in [1.54, 1.807) is 7.11 Å². The third-order valence-electron chi connectivity index (χ3n) is 3.28. The van der Waals surface area contributed by atoms with Crippen molar-refractivity contribution in [3.8, 4) is 11.5 Å². The Morgan fingerprint density at radius 3 is 2.68 bits per heavy atom. The summed E-state index contributed by atoms with van der Waals surface area (Å²) < 4.78 is 11.3. The molecule has 0 aliphatic carbocycles. The topological polar surface area (TPSA) is 18.5 Å². The second-order valence-electron chi connectivity index (χ2n) is 4.31. The molecular formula is C16H13BrO2. The van der Waals surface area contributed by atoms with E-state index in [1.807, 2.05) is 35.3 Å². The first kappa shape index (κ1) is 12.3. The smallest absolute Gasteiger partial charge is 0.169 e. The van der Waals surface area contributed by atoms with Gasteiger partial charge in [0.2, 0.25) is 0 Å². The number of para-hydroxylation sites is 1. The summed E-state index contributed by atoms with van der Waals surface area (Å²) in [5, 5.41) is 0. The van der Waals surface area contributed by atoms with Gasteiger partial charge in [-0.25, -0.2) is 0 Å². The Morgan fingerprint density at radius 2 is 1.89 bits per heavy atom. The van der Waals surface area contributed by atoms with Crippen LogP contribution in [0.2, 0.25) is 0 Å². The van der Waals surface area contributed by atoms with Crippen LogP contribution in [0.5, 0.6) is 11.5 Å². The SMILES string of the molecule is COc1cccc2c1OCc1ccccc1C2=CBr. The summed E-state index contributed by atoms with van der Waals surface area (Å²) in [6, 6.07) is 14.2. The van der Waals surface area contributed by atoms with Crippen molar-refractivity contribution in [3.63, 3.8) is 0 Å². The third kappa shape index (κ3) is 2.04. The summed E-state index contributed by atoms with van der Waals surface area (Å²) in [6.07, 6.45) is 0. The fraction of sp³-hybridized carbons (Fsp3) is 0.125. The minimum Gasteiger partial charge on any atom is -0.493 e. The number of hydrogen-bond donors (Lipinski definition) is 0. The highest BCUT2D eigenvalue weighted by molar-refractivity contribution is 9.11. The van der Waals surface area contributed by atoms with Crippen LogP contribution in [-0.4, -0.2) is 7.11 Å². The van der Waals surface area contributed by atoms with Crippen molar-refractivity contribution in [3.05, 3.63) is 64.1 Å². The van der Waals surface area contributed by atoms with Crippen molar-refractivity contribution < 1.29 is 9.47 Å². The van der Waals surface area contributed by atoms with Crippen LogP contribution in [0.4, 0.5) is 0 Å². The van der Waals surface area contributed by atoms with Gasteiger partial charge in [0.15, 0.2) is 11.5 Å². The van der Waals surface area contributed by atoms with Gasteiger partial charge in [-0.05, 0) is 22.2 Å². The zero-order valence-corrected chi connectivity index (χ0v) is 12.1. The van der Waals surface area contributed by atoms with E-state index < -0.39 is 0 Å². The molecule has 2 aromatic rings. The van der Waals surface area contributed by atoms with E-state index in [4.69, 9.17) is 9.47 Å². The lowest BCUT2D eigenvalue weighted by Gasteiger charge is -2.12. The van der Waals surface area contributed by atoms with Gasteiger partial charge in [-0.2, -0.15) is 0 Å². The molecule has 0 saturated heterocycles. The Bertz CT molecular complexity index is 647. The maximum Gasteiger partial charge on any atom is 0.169 e. The lowest BCUT2D eigenvalue weighted by Crippen LogP contribution is -1.97. The number of fused-ring (bicyclic) bond motifs is 2. The molecule has 96 valence electrons. The van der Waals surface area contributed by atoms with Crippen LogP contribution >= 0.6 is 15.9 Å². The van der Waals surface area contributed by atoms with Gasteiger partial charge in [0, 0.05) is 11.1 Å². The predicted molar refractivity (Wildman–Crippen MR) is 79.8 cm³/mol. The lowest BCUT2D eigenvalue weighted by atomic mass is 9.96. The summed E-state index contributed by atoms with van der Waals surface area (Å²) in [4.78, 5) is 1.94. The van der Waals surface area contributed by atoms with Gasteiger partial charge in [-0.1, -0.05) is 52.3 Å². The van der Waals surface area contributed by atoms with Gasteiger partial charge in [-0.15, -0.1) is 0 Å². The van der Waals surface area contributed by atoms with Crippen LogP contribution in [0.15, 0.2) is 47.4 Å². The van der Waals surface area contributed by atoms with E-state index >= 15 is 0 Å². The van der Waals surface area contributed by atoms with Crippen molar-refractivity contribution in [2.24, 2.45) is 0 Å². The van der Waals surface area contributed by atoms with Crippen LogP contribution < -0.4 is 9.47 Å². The molecule has 1 aliphatic heterocycles. The molecule has 2 aromatic carbocycles. The highest BCUT2D eigenvalue weighted by atomic mass is 79.9. The molecular weight excluding hydrogens is 304 g/mol. The first-order valence-corrected chi connectivity index (χ1v) is 6.95. The molecule has 19 heavy (non-hydrogen) atoms. The number of rotatable bonds is 1. The van der Waals surface area contributed by atoms with Crippen molar-refractivity contribution in [2.45, 2.75) is 6.61 Å². The zero-order chi connectivity index (χ0) is 13.2. The minimum absolute atomic E-state index is 0.549. The highest BCUT2D eigenvalue weighted by Crippen LogP contribution is 2.42. The summed E-state index contributed by atoms with van der Waals surface area (Å²) in [6.45, 7) is 0.549. The molecule has 0 aromatic heterocycles. The van der Waals surface area contributed by atoms with Crippen LogP contribution in [0.3, 0.4) is 0 Å². The lowest BCUT2D eigenvalue weighted by molar-refractivity contribution is 0.285. The summed E-state index contributed by atoms with van der Waals surface area (Å²) in [7, 11) is 1.66. The second kappa shape index (κ2) is 5.10. The summed E-state index contributed by atoms with van der Waals surface area (Å²) >= 11 is 3.47. The van der Waals surface area contributed by atoms with Gasteiger partial charge in [0.25, 0.3) is 0 Å². The minimum atomic E-state index is 0.549. The van der Waals surface area contributed by atoms with Crippen LogP contribution in [-0.2, 0) is 6.61 Å². The Morgan fingerprint density at radius 1 is 1.11 bits per heavy atom. The van der Waals surface area contributed by atoms with Gasteiger partial charge >= 0.3 is 0 Å². The number of methoxy groups -OCH3 is 1. The molecule has 3 heteroatoms. The van der Waals surface area contributed by atoms with Gasteiger partial charge in [0.05, 0.1) is 7.11 Å². The first-order valence-electron chi connectivity index (χ1n) is 6.04. The molecule has 0 fully saturated rings. The monoisotopic (exact) mass is 316 g/mol. The van der Waals surface area contributed by atoms with E-state index in [-0.39, 0.29) is 0 Å². The zero-order valence-electron chi connectivity index (χ0n) is 10.5. The average molecular weight is 317 g/mol. The highest BCUT2D eigenvalue weighted by Gasteiger charge is 2.21. The van der Waals surface area contributed by atoms with Crippen LogP contribution in [0, 0.1) is 0 Å². The Hall–Kier alpha value is -1.74. The average Bonchev–Trinajstić information content (AvgIpc) is 2.63. The van der Waals surface area contributed by atoms with Gasteiger partial charge < -0.3 is 9.47 Å². The van der Waals surface area contributed by atoms with E-state index in [9.17, 15) is 0 Å². The predicted octanol–water partition coefficient (Wildman–Crippen LogP) is 4.37. The summed E-state index contributed by atoms with van der Waals surface area (Å²) in [5.41, 5.74) is 4.51. The molecule has 0 saturated carbocycles. The Balaban J connectivity index is 2.26. The number of benzene rings is 2. The molecule has 1 heterocycles. The maximum absolute atomic E-state index is 5.94. The quantitative estimate of drug-likeness (QED) is 0.777. The van der Waals surface area contributed by atoms with Gasteiger partial charge in [-0.3, -0.25) is 0 Å². The maximum atomic E-state index is 5.94. The third-order valence-corrected chi connectivity index (χ3v) is 3.74.